The van der Waals surface area contributed by atoms with E-state index in [1.807, 2.05) is 20.3 Å². The van der Waals surface area contributed by atoms with Gasteiger partial charge in [-0.2, -0.15) is 0 Å². The van der Waals surface area contributed by atoms with Crippen molar-refractivity contribution in [3.8, 4) is 0 Å². The summed E-state index contributed by atoms with van der Waals surface area (Å²) in [7, 11) is 4.07. The Balaban J connectivity index is 1.67. The summed E-state index contributed by atoms with van der Waals surface area (Å²) in [6.45, 7) is 10.2. The summed E-state index contributed by atoms with van der Waals surface area (Å²) in [4.78, 5) is 4.39. The van der Waals surface area contributed by atoms with Gasteiger partial charge in [-0.25, -0.2) is 0 Å². The minimum atomic E-state index is 0.0106. The van der Waals surface area contributed by atoms with Gasteiger partial charge in [-0.05, 0) is 30.0 Å². The number of hydrogen-bond acceptors (Lipinski definition) is 6. The van der Waals surface area contributed by atoms with Gasteiger partial charge in [0.2, 0.25) is 0 Å². The van der Waals surface area contributed by atoms with Crippen molar-refractivity contribution in [3.63, 3.8) is 0 Å². The second kappa shape index (κ2) is 7.84. The summed E-state index contributed by atoms with van der Waals surface area (Å²) >= 11 is 0. The fourth-order valence-corrected chi connectivity index (χ4v) is 4.08. The first kappa shape index (κ1) is 20.8. The number of aliphatic hydroxyl groups is 1. The van der Waals surface area contributed by atoms with E-state index in [0.29, 0.717) is 0 Å². The van der Waals surface area contributed by atoms with Crippen LogP contribution >= 0.6 is 0 Å². The molecule has 0 aliphatic carbocycles. The van der Waals surface area contributed by atoms with Gasteiger partial charge in [-0.15, -0.1) is 0 Å². The summed E-state index contributed by atoms with van der Waals surface area (Å²) in [5.41, 5.74) is 10.7. The third-order valence-corrected chi connectivity index (χ3v) is 5.76. The van der Waals surface area contributed by atoms with E-state index in [1.165, 1.54) is 5.69 Å². The number of rotatable bonds is 7. The Morgan fingerprint density at radius 3 is 2.64 bits per heavy atom. The largest absolute Gasteiger partial charge is 0.397 e. The topological polar surface area (TPSA) is 74.0 Å². The van der Waals surface area contributed by atoms with Crippen LogP contribution in [0.3, 0.4) is 0 Å². The SMILES string of the molecule is CN(C)c1cc(N2CC(C)(CO)C2)ccc1/C(N)=C/NCC1CC(C)(C)CO1. The molecule has 1 aromatic rings. The lowest BCUT2D eigenvalue weighted by Gasteiger charge is -2.48. The van der Waals surface area contributed by atoms with Crippen molar-refractivity contribution in [3.05, 3.63) is 30.0 Å². The van der Waals surface area contributed by atoms with Crippen LogP contribution in [0.15, 0.2) is 24.4 Å². The molecule has 0 saturated carbocycles. The van der Waals surface area contributed by atoms with Gasteiger partial charge < -0.3 is 30.7 Å². The van der Waals surface area contributed by atoms with Crippen LogP contribution in [0, 0.1) is 10.8 Å². The lowest BCUT2D eigenvalue weighted by molar-refractivity contribution is 0.101. The molecule has 2 heterocycles. The molecule has 0 spiro atoms. The maximum Gasteiger partial charge on any atom is 0.0753 e. The smallest absolute Gasteiger partial charge is 0.0753 e. The zero-order chi connectivity index (χ0) is 20.5. The van der Waals surface area contributed by atoms with E-state index in [0.717, 1.165) is 49.6 Å². The molecule has 6 nitrogen and oxygen atoms in total. The Morgan fingerprint density at radius 2 is 2.07 bits per heavy atom. The molecule has 1 unspecified atom stereocenters. The molecule has 0 amide bonds. The highest BCUT2D eigenvalue weighted by atomic mass is 16.5. The normalized spacial score (nSPS) is 23.4. The van der Waals surface area contributed by atoms with Crippen molar-refractivity contribution in [1.82, 2.24) is 5.32 Å². The zero-order valence-corrected chi connectivity index (χ0v) is 18.0. The highest BCUT2D eigenvalue weighted by Crippen LogP contribution is 2.37. The Bertz CT molecular complexity index is 723. The number of anilines is 2. The van der Waals surface area contributed by atoms with Gasteiger partial charge in [-0.1, -0.05) is 20.8 Å². The van der Waals surface area contributed by atoms with Crippen LogP contribution in [0.25, 0.3) is 5.70 Å². The van der Waals surface area contributed by atoms with E-state index in [2.05, 4.69) is 54.1 Å². The third-order valence-electron chi connectivity index (χ3n) is 5.76. The van der Waals surface area contributed by atoms with Crippen LogP contribution in [-0.2, 0) is 4.74 Å². The molecular formula is C22H36N4O2. The van der Waals surface area contributed by atoms with Crippen LogP contribution in [0.4, 0.5) is 11.4 Å². The number of aliphatic hydroxyl groups excluding tert-OH is 1. The molecular weight excluding hydrogens is 352 g/mol. The standard InChI is InChI=1S/C22H36N4O2/c1-21(2)9-17(28-15-21)10-24-11-19(23)18-7-6-16(8-20(18)25(4)5)26-12-22(3,13-26)14-27/h6-8,11,17,24,27H,9-10,12-15,23H2,1-5H3/b19-11-. The lowest BCUT2D eigenvalue weighted by Crippen LogP contribution is -2.56. The molecule has 1 atom stereocenters. The van der Waals surface area contributed by atoms with E-state index < -0.39 is 0 Å². The Labute approximate surface area is 169 Å². The quantitative estimate of drug-likeness (QED) is 0.665. The average Bonchev–Trinajstić information content (AvgIpc) is 2.97. The lowest BCUT2D eigenvalue weighted by atomic mass is 9.82. The summed E-state index contributed by atoms with van der Waals surface area (Å²) in [5, 5.41) is 12.8. The van der Waals surface area contributed by atoms with Gasteiger partial charge in [-0.3, -0.25) is 0 Å². The van der Waals surface area contributed by atoms with Gasteiger partial charge in [0, 0.05) is 62.3 Å². The summed E-state index contributed by atoms with van der Waals surface area (Å²) in [5.74, 6) is 0. The van der Waals surface area contributed by atoms with Crippen molar-refractivity contribution >= 4 is 17.1 Å². The Morgan fingerprint density at radius 1 is 1.36 bits per heavy atom. The molecule has 2 aliphatic heterocycles. The molecule has 4 N–H and O–H groups in total. The molecule has 28 heavy (non-hydrogen) atoms. The fourth-order valence-electron chi connectivity index (χ4n) is 4.08. The van der Waals surface area contributed by atoms with Crippen molar-refractivity contribution in [2.45, 2.75) is 33.3 Å². The van der Waals surface area contributed by atoms with E-state index in [4.69, 9.17) is 10.5 Å². The Hall–Kier alpha value is -1.92. The van der Waals surface area contributed by atoms with Crippen molar-refractivity contribution < 1.29 is 9.84 Å². The van der Waals surface area contributed by atoms with E-state index in [-0.39, 0.29) is 23.5 Å². The van der Waals surface area contributed by atoms with Crippen LogP contribution in [0.2, 0.25) is 0 Å². The molecule has 3 rings (SSSR count). The van der Waals surface area contributed by atoms with Crippen LogP contribution in [0.5, 0.6) is 0 Å². The molecule has 2 fully saturated rings. The summed E-state index contributed by atoms with van der Waals surface area (Å²) in [6.07, 6.45) is 3.19. The molecule has 2 saturated heterocycles. The summed E-state index contributed by atoms with van der Waals surface area (Å²) in [6, 6.07) is 6.38. The monoisotopic (exact) mass is 388 g/mol. The van der Waals surface area contributed by atoms with Gasteiger partial charge in [0.05, 0.1) is 25.0 Å². The van der Waals surface area contributed by atoms with E-state index in [9.17, 15) is 5.11 Å². The maximum atomic E-state index is 9.48. The number of nitrogens with one attached hydrogen (secondary N) is 1. The summed E-state index contributed by atoms with van der Waals surface area (Å²) < 4.78 is 5.84. The number of hydrogen-bond donors (Lipinski definition) is 3. The molecule has 156 valence electrons. The van der Waals surface area contributed by atoms with Gasteiger partial charge >= 0.3 is 0 Å². The van der Waals surface area contributed by atoms with Crippen molar-refractivity contribution in [1.29, 1.82) is 0 Å². The molecule has 2 aliphatic rings. The maximum absolute atomic E-state index is 9.48. The second-order valence-corrected chi connectivity index (χ2v) is 9.73. The number of ether oxygens (including phenoxy) is 1. The van der Waals surface area contributed by atoms with Crippen molar-refractivity contribution in [2.75, 3.05) is 56.7 Å². The third kappa shape index (κ3) is 4.55. The van der Waals surface area contributed by atoms with Crippen LogP contribution in [-0.4, -0.2) is 58.2 Å². The molecule has 6 heteroatoms. The number of nitrogens with zero attached hydrogens (tertiary/aromatic N) is 2. The predicted octanol–water partition coefficient (Wildman–Crippen LogP) is 2.23. The van der Waals surface area contributed by atoms with Gasteiger partial charge in [0.1, 0.15) is 0 Å². The predicted molar refractivity (Wildman–Crippen MR) is 116 cm³/mol. The highest BCUT2D eigenvalue weighted by Gasteiger charge is 2.38. The first-order valence-electron chi connectivity index (χ1n) is 10.1. The first-order chi connectivity index (χ1) is 13.1. The molecule has 0 bridgehead atoms. The fraction of sp³-hybridized carbons (Fsp3) is 0.636. The van der Waals surface area contributed by atoms with Crippen LogP contribution < -0.4 is 20.9 Å². The molecule has 0 aromatic heterocycles. The molecule has 1 aromatic carbocycles. The Kier molecular flexibility index (Phi) is 5.82. The van der Waals surface area contributed by atoms with Gasteiger partial charge in [0.25, 0.3) is 0 Å². The highest BCUT2D eigenvalue weighted by molar-refractivity contribution is 5.78. The van der Waals surface area contributed by atoms with Gasteiger partial charge in [0.15, 0.2) is 0 Å². The minimum Gasteiger partial charge on any atom is -0.397 e. The first-order valence-corrected chi connectivity index (χ1v) is 10.1. The number of benzene rings is 1. The minimum absolute atomic E-state index is 0.0106. The van der Waals surface area contributed by atoms with E-state index >= 15 is 0 Å². The number of nitrogens with two attached hydrogens (primary N) is 1. The second-order valence-electron chi connectivity index (χ2n) is 9.73. The van der Waals surface area contributed by atoms with Crippen LogP contribution in [0.1, 0.15) is 32.8 Å². The molecule has 0 radical (unpaired) electrons. The zero-order valence-electron chi connectivity index (χ0n) is 18.0. The van der Waals surface area contributed by atoms with E-state index in [1.54, 1.807) is 0 Å². The van der Waals surface area contributed by atoms with Crippen molar-refractivity contribution in [2.24, 2.45) is 16.6 Å². The average molecular weight is 389 g/mol.